The van der Waals surface area contributed by atoms with Gasteiger partial charge < -0.3 is 9.84 Å². The van der Waals surface area contributed by atoms with E-state index in [-0.39, 0.29) is 0 Å². The summed E-state index contributed by atoms with van der Waals surface area (Å²) in [6.07, 6.45) is 13.0. The van der Waals surface area contributed by atoms with Crippen LogP contribution in [0.5, 0.6) is 0 Å². The van der Waals surface area contributed by atoms with Crippen molar-refractivity contribution in [3.8, 4) is 0 Å². The highest BCUT2D eigenvalue weighted by Gasteiger charge is 2.37. The van der Waals surface area contributed by atoms with Crippen LogP contribution in [-0.4, -0.2) is 23.3 Å². The van der Waals surface area contributed by atoms with Gasteiger partial charge in [-0.3, -0.25) is 4.79 Å². The minimum absolute atomic E-state index is 0.585. The van der Waals surface area contributed by atoms with Gasteiger partial charge >= 0.3 is 5.97 Å². The Morgan fingerprint density at radius 2 is 2.00 bits per heavy atom. The molecular formula is C15H24O3. The van der Waals surface area contributed by atoms with Gasteiger partial charge in [-0.05, 0) is 13.3 Å². The predicted molar refractivity (Wildman–Crippen MR) is 72.5 cm³/mol. The molecule has 0 saturated carbocycles. The number of carboxylic acid groups (broad SMARTS) is 1. The molecule has 0 aromatic rings. The van der Waals surface area contributed by atoms with Crippen LogP contribution >= 0.6 is 0 Å². The summed E-state index contributed by atoms with van der Waals surface area (Å²) in [6, 6.07) is 0. The molecule has 0 saturated heterocycles. The van der Waals surface area contributed by atoms with Crippen LogP contribution in [0.25, 0.3) is 0 Å². The Morgan fingerprint density at radius 1 is 1.28 bits per heavy atom. The average Bonchev–Trinajstić information content (AvgIpc) is 2.33. The Balaban J connectivity index is 2.36. The summed E-state index contributed by atoms with van der Waals surface area (Å²) in [5, 5.41) is 9.18. The van der Waals surface area contributed by atoms with Crippen molar-refractivity contribution in [2.24, 2.45) is 5.92 Å². The number of hydrogen-bond donors (Lipinski definition) is 1. The number of carbonyl (C=O) groups is 1. The minimum atomic E-state index is -0.830. The second kappa shape index (κ2) is 7.37. The molecule has 18 heavy (non-hydrogen) atoms. The van der Waals surface area contributed by atoms with Gasteiger partial charge in [-0.1, -0.05) is 56.9 Å². The molecular weight excluding hydrogens is 228 g/mol. The molecule has 0 aliphatic heterocycles. The SMILES string of the molecule is CCCCCCCOC1(C)C=CC=CC1C(=O)O. The summed E-state index contributed by atoms with van der Waals surface area (Å²) in [5.41, 5.74) is -0.703. The Morgan fingerprint density at radius 3 is 2.67 bits per heavy atom. The highest BCUT2D eigenvalue weighted by Crippen LogP contribution is 2.28. The van der Waals surface area contributed by atoms with Gasteiger partial charge in [0.25, 0.3) is 0 Å². The summed E-state index contributed by atoms with van der Waals surface area (Å²) in [7, 11) is 0. The summed E-state index contributed by atoms with van der Waals surface area (Å²) in [4.78, 5) is 11.2. The fourth-order valence-electron chi connectivity index (χ4n) is 2.18. The van der Waals surface area contributed by atoms with E-state index in [9.17, 15) is 9.90 Å². The highest BCUT2D eigenvalue weighted by atomic mass is 16.5. The number of aliphatic carboxylic acids is 1. The van der Waals surface area contributed by atoms with Gasteiger partial charge in [-0.2, -0.15) is 0 Å². The second-order valence-electron chi connectivity index (χ2n) is 5.01. The van der Waals surface area contributed by atoms with Gasteiger partial charge in [0.2, 0.25) is 0 Å². The van der Waals surface area contributed by atoms with Crippen LogP contribution in [-0.2, 0) is 9.53 Å². The molecule has 2 atom stereocenters. The van der Waals surface area contributed by atoms with Crippen LogP contribution in [0.15, 0.2) is 24.3 Å². The lowest BCUT2D eigenvalue weighted by atomic mass is 9.85. The zero-order chi connectivity index (χ0) is 13.4. The first-order valence-electron chi connectivity index (χ1n) is 6.83. The smallest absolute Gasteiger partial charge is 0.313 e. The highest BCUT2D eigenvalue weighted by molar-refractivity contribution is 5.75. The Hall–Kier alpha value is -1.09. The van der Waals surface area contributed by atoms with Crippen LogP contribution in [0.4, 0.5) is 0 Å². The van der Waals surface area contributed by atoms with Gasteiger partial charge in [-0.15, -0.1) is 0 Å². The van der Waals surface area contributed by atoms with E-state index in [0.29, 0.717) is 6.61 Å². The molecule has 0 aromatic carbocycles. The van der Waals surface area contributed by atoms with Crippen LogP contribution in [0.2, 0.25) is 0 Å². The number of allylic oxidation sites excluding steroid dienone is 2. The van der Waals surface area contributed by atoms with Crippen LogP contribution < -0.4 is 0 Å². The van der Waals surface area contributed by atoms with Crippen molar-refractivity contribution in [2.75, 3.05) is 6.61 Å². The maximum Gasteiger partial charge on any atom is 0.313 e. The molecule has 0 radical (unpaired) electrons. The van der Waals surface area contributed by atoms with E-state index >= 15 is 0 Å². The number of carboxylic acids is 1. The fourth-order valence-corrected chi connectivity index (χ4v) is 2.18. The minimum Gasteiger partial charge on any atom is -0.481 e. The third-order valence-corrected chi connectivity index (χ3v) is 3.39. The molecule has 0 bridgehead atoms. The maximum atomic E-state index is 11.2. The van der Waals surface area contributed by atoms with Gasteiger partial charge in [0, 0.05) is 6.61 Å². The molecule has 102 valence electrons. The summed E-state index contributed by atoms with van der Waals surface area (Å²) < 4.78 is 5.81. The lowest BCUT2D eigenvalue weighted by Gasteiger charge is -2.32. The van der Waals surface area contributed by atoms with E-state index in [1.165, 1.54) is 19.3 Å². The zero-order valence-corrected chi connectivity index (χ0v) is 11.4. The van der Waals surface area contributed by atoms with Crippen molar-refractivity contribution >= 4 is 5.97 Å². The van der Waals surface area contributed by atoms with Gasteiger partial charge in [0.1, 0.15) is 11.5 Å². The maximum absolute atomic E-state index is 11.2. The Kier molecular flexibility index (Phi) is 6.13. The monoisotopic (exact) mass is 252 g/mol. The molecule has 0 heterocycles. The first-order chi connectivity index (χ1) is 8.60. The average molecular weight is 252 g/mol. The lowest BCUT2D eigenvalue weighted by Crippen LogP contribution is -2.40. The van der Waals surface area contributed by atoms with Gasteiger partial charge in [0.05, 0.1) is 0 Å². The van der Waals surface area contributed by atoms with E-state index in [2.05, 4.69) is 6.92 Å². The van der Waals surface area contributed by atoms with Gasteiger partial charge in [-0.25, -0.2) is 0 Å². The van der Waals surface area contributed by atoms with Crippen molar-refractivity contribution < 1.29 is 14.6 Å². The van der Waals surface area contributed by atoms with Crippen LogP contribution in [0.3, 0.4) is 0 Å². The molecule has 0 aromatic heterocycles. The van der Waals surface area contributed by atoms with Crippen molar-refractivity contribution in [1.29, 1.82) is 0 Å². The fraction of sp³-hybridized carbons (Fsp3) is 0.667. The summed E-state index contributed by atoms with van der Waals surface area (Å²) >= 11 is 0. The molecule has 1 N–H and O–H groups in total. The number of hydrogen-bond acceptors (Lipinski definition) is 2. The largest absolute Gasteiger partial charge is 0.481 e. The molecule has 1 aliphatic carbocycles. The predicted octanol–water partition coefficient (Wildman–Crippen LogP) is 3.56. The third kappa shape index (κ3) is 4.30. The molecule has 1 aliphatic rings. The van der Waals surface area contributed by atoms with E-state index in [4.69, 9.17) is 4.74 Å². The molecule has 2 unspecified atom stereocenters. The first kappa shape index (κ1) is 15.0. The van der Waals surface area contributed by atoms with E-state index in [0.717, 1.165) is 12.8 Å². The van der Waals surface area contributed by atoms with Crippen molar-refractivity contribution in [3.63, 3.8) is 0 Å². The number of unbranched alkanes of at least 4 members (excludes halogenated alkanes) is 4. The molecule has 1 rings (SSSR count). The summed E-state index contributed by atoms with van der Waals surface area (Å²) in [6.45, 7) is 4.66. The van der Waals surface area contributed by atoms with E-state index < -0.39 is 17.5 Å². The Labute approximate surface area is 110 Å². The molecule has 3 nitrogen and oxygen atoms in total. The van der Waals surface area contributed by atoms with Crippen molar-refractivity contribution in [1.82, 2.24) is 0 Å². The molecule has 3 heteroatoms. The van der Waals surface area contributed by atoms with E-state index in [1.807, 2.05) is 19.1 Å². The van der Waals surface area contributed by atoms with Crippen molar-refractivity contribution in [3.05, 3.63) is 24.3 Å². The van der Waals surface area contributed by atoms with E-state index in [1.54, 1.807) is 12.2 Å². The number of ether oxygens (including phenoxy) is 1. The van der Waals surface area contributed by atoms with Gasteiger partial charge in [0.15, 0.2) is 0 Å². The number of rotatable bonds is 8. The molecule has 0 fully saturated rings. The second-order valence-corrected chi connectivity index (χ2v) is 5.01. The normalized spacial score (nSPS) is 26.4. The molecule has 0 amide bonds. The summed E-state index contributed by atoms with van der Waals surface area (Å²) in [5.74, 6) is -1.41. The standard InChI is InChI=1S/C15H24O3/c1-3-4-5-6-9-12-18-15(2)11-8-7-10-13(15)14(16)17/h7-8,10-11,13H,3-6,9,12H2,1-2H3,(H,16,17). The van der Waals surface area contributed by atoms with Crippen LogP contribution in [0, 0.1) is 5.92 Å². The first-order valence-corrected chi connectivity index (χ1v) is 6.83. The Bertz CT molecular complexity index is 320. The quantitative estimate of drug-likeness (QED) is 0.672. The zero-order valence-electron chi connectivity index (χ0n) is 11.4. The molecule has 0 spiro atoms. The topological polar surface area (TPSA) is 46.5 Å². The lowest BCUT2D eigenvalue weighted by molar-refractivity contribution is -0.148. The van der Waals surface area contributed by atoms with Crippen molar-refractivity contribution in [2.45, 2.75) is 51.6 Å². The van der Waals surface area contributed by atoms with Crippen LogP contribution in [0.1, 0.15) is 46.0 Å². The third-order valence-electron chi connectivity index (χ3n) is 3.39.